The van der Waals surface area contributed by atoms with E-state index in [0.717, 1.165) is 19.7 Å². The molecule has 4 nitrogen and oxygen atoms in total. The van der Waals surface area contributed by atoms with Gasteiger partial charge in [0.2, 0.25) is 5.91 Å². The van der Waals surface area contributed by atoms with E-state index < -0.39 is 0 Å². The monoisotopic (exact) mass is 284 g/mol. The molecule has 20 heavy (non-hydrogen) atoms. The molecule has 1 saturated heterocycles. The summed E-state index contributed by atoms with van der Waals surface area (Å²) in [4.78, 5) is 16.2. The van der Waals surface area contributed by atoms with Crippen molar-refractivity contribution in [2.45, 2.75) is 52.6 Å². The van der Waals surface area contributed by atoms with E-state index in [2.05, 4.69) is 11.8 Å². The second-order valence-electron chi connectivity index (χ2n) is 6.23. The van der Waals surface area contributed by atoms with Gasteiger partial charge in [-0.15, -0.1) is 0 Å². The fourth-order valence-electron chi connectivity index (χ4n) is 2.69. The van der Waals surface area contributed by atoms with Crippen LogP contribution in [-0.4, -0.2) is 61.6 Å². The predicted molar refractivity (Wildman–Crippen MR) is 82.8 cm³/mol. The Bertz CT molecular complexity index is 282. The zero-order valence-corrected chi connectivity index (χ0v) is 13.7. The van der Waals surface area contributed by atoms with Crippen molar-refractivity contribution in [2.75, 3.05) is 39.8 Å². The largest absolute Gasteiger partial charge is 0.374 e. The highest BCUT2D eigenvalue weighted by Gasteiger charge is 2.23. The van der Waals surface area contributed by atoms with Gasteiger partial charge >= 0.3 is 0 Å². The Kier molecular flexibility index (Phi) is 8.15. The minimum absolute atomic E-state index is 0.0636. The number of carbonyl (C=O) groups is 1. The number of carbonyl (C=O) groups excluding carboxylic acids is 1. The summed E-state index contributed by atoms with van der Waals surface area (Å²) in [5.41, 5.74) is 0. The SMILES string of the molecule is CCCCCCN1CCO[C@H](CN(C)C(=O)C(C)C)C1. The van der Waals surface area contributed by atoms with Crippen LogP contribution < -0.4 is 0 Å². The van der Waals surface area contributed by atoms with E-state index in [4.69, 9.17) is 4.74 Å². The number of unbranched alkanes of at least 4 members (excludes halogenated alkanes) is 3. The van der Waals surface area contributed by atoms with Crippen molar-refractivity contribution in [3.05, 3.63) is 0 Å². The number of nitrogens with zero attached hydrogens (tertiary/aromatic N) is 2. The predicted octanol–water partition coefficient (Wildman–Crippen LogP) is 2.38. The zero-order valence-electron chi connectivity index (χ0n) is 13.7. The lowest BCUT2D eigenvalue weighted by molar-refractivity contribution is -0.136. The molecule has 1 heterocycles. The van der Waals surface area contributed by atoms with Gasteiger partial charge in [-0.2, -0.15) is 0 Å². The third kappa shape index (κ3) is 6.23. The van der Waals surface area contributed by atoms with Crippen LogP contribution in [0.4, 0.5) is 0 Å². The molecule has 0 N–H and O–H groups in total. The van der Waals surface area contributed by atoms with Gasteiger partial charge in [-0.25, -0.2) is 0 Å². The summed E-state index contributed by atoms with van der Waals surface area (Å²) in [5, 5.41) is 0. The first kappa shape index (κ1) is 17.4. The highest BCUT2D eigenvalue weighted by Crippen LogP contribution is 2.10. The molecule has 0 radical (unpaired) electrons. The molecule has 0 aliphatic carbocycles. The quantitative estimate of drug-likeness (QED) is 0.642. The maximum Gasteiger partial charge on any atom is 0.224 e. The summed E-state index contributed by atoms with van der Waals surface area (Å²) in [7, 11) is 1.88. The Balaban J connectivity index is 2.28. The van der Waals surface area contributed by atoms with E-state index in [0.29, 0.717) is 6.54 Å². The zero-order chi connectivity index (χ0) is 15.0. The van der Waals surface area contributed by atoms with Crippen LogP contribution in [0.15, 0.2) is 0 Å². The smallest absolute Gasteiger partial charge is 0.224 e. The lowest BCUT2D eigenvalue weighted by Gasteiger charge is -2.35. The van der Waals surface area contributed by atoms with E-state index in [1.165, 1.54) is 32.2 Å². The minimum atomic E-state index is 0.0636. The van der Waals surface area contributed by atoms with Gasteiger partial charge < -0.3 is 9.64 Å². The first-order chi connectivity index (χ1) is 9.54. The van der Waals surface area contributed by atoms with E-state index in [1.54, 1.807) is 0 Å². The molecule has 0 bridgehead atoms. The van der Waals surface area contributed by atoms with Gasteiger partial charge in [0.1, 0.15) is 0 Å². The minimum Gasteiger partial charge on any atom is -0.374 e. The molecule has 0 spiro atoms. The van der Waals surface area contributed by atoms with Crippen LogP contribution in [0.3, 0.4) is 0 Å². The summed E-state index contributed by atoms with van der Waals surface area (Å²) in [6, 6.07) is 0. The van der Waals surface area contributed by atoms with Gasteiger partial charge in [0.15, 0.2) is 0 Å². The first-order valence-electron chi connectivity index (χ1n) is 8.13. The Morgan fingerprint density at radius 2 is 2.10 bits per heavy atom. The second kappa shape index (κ2) is 9.35. The molecule has 4 heteroatoms. The molecular weight excluding hydrogens is 252 g/mol. The molecule has 1 rings (SSSR count). The third-order valence-corrected chi connectivity index (χ3v) is 3.90. The molecule has 0 saturated carbocycles. The van der Waals surface area contributed by atoms with Crippen molar-refractivity contribution in [3.8, 4) is 0 Å². The van der Waals surface area contributed by atoms with Crippen LogP contribution in [0.25, 0.3) is 0 Å². The van der Waals surface area contributed by atoms with E-state index in [9.17, 15) is 4.79 Å². The van der Waals surface area contributed by atoms with Crippen molar-refractivity contribution in [2.24, 2.45) is 5.92 Å². The Morgan fingerprint density at radius 1 is 1.35 bits per heavy atom. The number of amides is 1. The topological polar surface area (TPSA) is 32.8 Å². The van der Waals surface area contributed by atoms with E-state index in [-0.39, 0.29) is 17.9 Å². The first-order valence-corrected chi connectivity index (χ1v) is 8.13. The van der Waals surface area contributed by atoms with Crippen LogP contribution in [0, 0.1) is 5.92 Å². The lowest BCUT2D eigenvalue weighted by Crippen LogP contribution is -2.48. The van der Waals surface area contributed by atoms with Crippen LogP contribution in [0.5, 0.6) is 0 Å². The molecule has 0 aromatic rings. The lowest BCUT2D eigenvalue weighted by atomic mass is 10.1. The van der Waals surface area contributed by atoms with Crippen LogP contribution in [-0.2, 0) is 9.53 Å². The average Bonchev–Trinajstić information content (AvgIpc) is 2.43. The van der Waals surface area contributed by atoms with Crippen molar-refractivity contribution >= 4 is 5.91 Å². The van der Waals surface area contributed by atoms with Gasteiger partial charge in [0.05, 0.1) is 12.7 Å². The summed E-state index contributed by atoms with van der Waals surface area (Å²) in [6.07, 6.45) is 5.39. The molecule has 0 aromatic heterocycles. The molecule has 1 aliphatic rings. The van der Waals surface area contributed by atoms with Gasteiger partial charge in [0, 0.05) is 32.6 Å². The number of hydrogen-bond acceptors (Lipinski definition) is 3. The molecule has 1 amide bonds. The standard InChI is InChI=1S/C16H32N2O2/c1-5-6-7-8-9-18-10-11-20-15(13-18)12-17(4)16(19)14(2)3/h14-15H,5-13H2,1-4H3/t15-/m1/s1. The number of morpholine rings is 1. The van der Waals surface area contributed by atoms with Gasteiger partial charge in [-0.05, 0) is 13.0 Å². The van der Waals surface area contributed by atoms with Crippen LogP contribution >= 0.6 is 0 Å². The Morgan fingerprint density at radius 3 is 2.75 bits per heavy atom. The molecule has 0 aromatic carbocycles. The van der Waals surface area contributed by atoms with E-state index >= 15 is 0 Å². The number of likely N-dealkylation sites (N-methyl/N-ethyl adjacent to an activating group) is 1. The number of hydrogen-bond donors (Lipinski definition) is 0. The van der Waals surface area contributed by atoms with Gasteiger partial charge in [-0.3, -0.25) is 9.69 Å². The summed E-state index contributed by atoms with van der Waals surface area (Å²) in [6.45, 7) is 10.8. The molecule has 0 unspecified atom stereocenters. The van der Waals surface area contributed by atoms with Crippen molar-refractivity contribution in [3.63, 3.8) is 0 Å². The normalized spacial score (nSPS) is 20.4. The highest BCUT2D eigenvalue weighted by molar-refractivity contribution is 5.77. The average molecular weight is 284 g/mol. The van der Waals surface area contributed by atoms with Crippen LogP contribution in [0.1, 0.15) is 46.5 Å². The number of rotatable bonds is 8. The molecule has 118 valence electrons. The summed E-state index contributed by atoms with van der Waals surface area (Å²) in [5.74, 6) is 0.266. The van der Waals surface area contributed by atoms with Crippen LogP contribution in [0.2, 0.25) is 0 Å². The maximum absolute atomic E-state index is 11.9. The van der Waals surface area contributed by atoms with Crippen molar-refractivity contribution in [1.29, 1.82) is 0 Å². The fourth-order valence-corrected chi connectivity index (χ4v) is 2.69. The van der Waals surface area contributed by atoms with Gasteiger partial charge in [0.25, 0.3) is 0 Å². The molecule has 1 fully saturated rings. The Labute approximate surface area is 124 Å². The maximum atomic E-state index is 11.9. The van der Waals surface area contributed by atoms with Gasteiger partial charge in [-0.1, -0.05) is 40.0 Å². The van der Waals surface area contributed by atoms with Crippen molar-refractivity contribution in [1.82, 2.24) is 9.80 Å². The summed E-state index contributed by atoms with van der Waals surface area (Å²) < 4.78 is 5.80. The second-order valence-corrected chi connectivity index (χ2v) is 6.23. The molecule has 1 atom stereocenters. The van der Waals surface area contributed by atoms with Crippen molar-refractivity contribution < 1.29 is 9.53 Å². The molecular formula is C16H32N2O2. The number of ether oxygens (including phenoxy) is 1. The molecule has 1 aliphatic heterocycles. The fraction of sp³-hybridized carbons (Fsp3) is 0.938. The highest BCUT2D eigenvalue weighted by atomic mass is 16.5. The van der Waals surface area contributed by atoms with E-state index in [1.807, 2.05) is 25.8 Å². The third-order valence-electron chi connectivity index (χ3n) is 3.90. The summed E-state index contributed by atoms with van der Waals surface area (Å²) >= 11 is 0. The Hall–Kier alpha value is -0.610.